The number of hydrogen-bond acceptors (Lipinski definition) is 4. The van der Waals surface area contributed by atoms with Crippen LogP contribution < -0.4 is 0 Å². The topological polar surface area (TPSA) is 29.2 Å². The Bertz CT molecular complexity index is 987. The highest BCUT2D eigenvalue weighted by atomic mass is 32.1. The molecule has 4 rings (SSSR count). The van der Waals surface area contributed by atoms with E-state index < -0.39 is 0 Å². The van der Waals surface area contributed by atoms with Gasteiger partial charge in [-0.05, 0) is 69.7 Å². The van der Waals surface area contributed by atoms with E-state index in [4.69, 9.17) is 17.3 Å². The van der Waals surface area contributed by atoms with Gasteiger partial charge in [-0.15, -0.1) is 0 Å². The van der Waals surface area contributed by atoms with Crippen LogP contribution >= 0.6 is 12.2 Å². The number of hydrogen-bond donors (Lipinski definition) is 0. The molecule has 0 radical (unpaired) electrons. The molecule has 0 spiro atoms. The van der Waals surface area contributed by atoms with E-state index in [0.29, 0.717) is 12.7 Å². The summed E-state index contributed by atoms with van der Waals surface area (Å²) in [5, 5.41) is 5.01. The van der Waals surface area contributed by atoms with Crippen LogP contribution in [0, 0.1) is 4.77 Å². The summed E-state index contributed by atoms with van der Waals surface area (Å²) < 4.78 is 4.90. The summed E-state index contributed by atoms with van der Waals surface area (Å²) in [5.41, 5.74) is 2.39. The maximum atomic E-state index is 5.92. The molecule has 30 heavy (non-hydrogen) atoms. The molecule has 2 heterocycles. The largest absolute Gasteiger partial charge is 0.296 e. The standard InChI is InChI=1S/C24H31N5S/c1-20(2)27(17-21-11-5-3-6-12-21)19-28-24(30)29(22-13-7-4-8-14-22)23(25-28)18-26-15-9-10-16-26/h3-8,11-14,20H,9-10,15-19H2,1-2H3. The fraction of sp³-hybridized carbons (Fsp3) is 0.417. The van der Waals surface area contributed by atoms with Crippen LogP contribution in [-0.4, -0.2) is 43.3 Å². The first-order valence-corrected chi connectivity index (χ1v) is 11.3. The Morgan fingerprint density at radius 3 is 2.23 bits per heavy atom. The van der Waals surface area contributed by atoms with Crippen molar-refractivity contribution in [3.63, 3.8) is 0 Å². The van der Waals surface area contributed by atoms with Crippen LogP contribution in [0.2, 0.25) is 0 Å². The van der Waals surface area contributed by atoms with Gasteiger partial charge in [0.05, 0.1) is 13.2 Å². The molecule has 0 aliphatic carbocycles. The lowest BCUT2D eigenvalue weighted by Gasteiger charge is -2.26. The molecule has 6 heteroatoms. The van der Waals surface area contributed by atoms with Gasteiger partial charge in [0, 0.05) is 18.3 Å². The van der Waals surface area contributed by atoms with E-state index in [1.54, 1.807) is 0 Å². The van der Waals surface area contributed by atoms with Gasteiger partial charge in [0.2, 0.25) is 4.77 Å². The van der Waals surface area contributed by atoms with Crippen molar-refractivity contribution in [2.45, 2.75) is 52.5 Å². The average molecular weight is 422 g/mol. The maximum Gasteiger partial charge on any atom is 0.203 e. The zero-order chi connectivity index (χ0) is 20.9. The molecule has 1 saturated heterocycles. The molecular weight excluding hydrogens is 390 g/mol. The van der Waals surface area contributed by atoms with Crippen molar-refractivity contribution in [2.75, 3.05) is 13.1 Å². The van der Waals surface area contributed by atoms with Crippen molar-refractivity contribution in [1.82, 2.24) is 24.1 Å². The zero-order valence-electron chi connectivity index (χ0n) is 17.9. The number of benzene rings is 2. The van der Waals surface area contributed by atoms with Crippen LogP contribution in [0.1, 0.15) is 38.1 Å². The third-order valence-electron chi connectivity index (χ3n) is 5.76. The Kier molecular flexibility index (Phi) is 6.77. The van der Waals surface area contributed by atoms with Gasteiger partial charge in [-0.25, -0.2) is 4.68 Å². The first kappa shape index (κ1) is 21.0. The van der Waals surface area contributed by atoms with Gasteiger partial charge in [-0.1, -0.05) is 48.5 Å². The Labute approximate surface area is 184 Å². The van der Waals surface area contributed by atoms with Crippen molar-refractivity contribution in [3.05, 3.63) is 76.8 Å². The second kappa shape index (κ2) is 9.69. The SMILES string of the molecule is CC(C)N(Cc1ccccc1)Cn1nc(CN2CCCC2)n(-c2ccccc2)c1=S. The van der Waals surface area contributed by atoms with Gasteiger partial charge in [-0.3, -0.25) is 14.4 Å². The van der Waals surface area contributed by atoms with E-state index >= 15 is 0 Å². The molecule has 0 saturated carbocycles. The number of aromatic nitrogens is 3. The number of likely N-dealkylation sites (tertiary alicyclic amines) is 1. The summed E-state index contributed by atoms with van der Waals surface area (Å²) in [4.78, 5) is 4.89. The molecule has 5 nitrogen and oxygen atoms in total. The summed E-state index contributed by atoms with van der Waals surface area (Å²) >= 11 is 5.92. The van der Waals surface area contributed by atoms with Crippen LogP contribution in [0.3, 0.4) is 0 Å². The second-order valence-electron chi connectivity index (χ2n) is 8.32. The van der Waals surface area contributed by atoms with E-state index in [1.165, 1.54) is 18.4 Å². The lowest BCUT2D eigenvalue weighted by Crippen LogP contribution is -2.33. The Hall–Kier alpha value is -2.28. The minimum Gasteiger partial charge on any atom is -0.296 e. The molecule has 0 amide bonds. The fourth-order valence-electron chi connectivity index (χ4n) is 4.01. The molecule has 158 valence electrons. The van der Waals surface area contributed by atoms with Crippen molar-refractivity contribution >= 4 is 12.2 Å². The van der Waals surface area contributed by atoms with Crippen LogP contribution in [0.4, 0.5) is 0 Å². The highest BCUT2D eigenvalue weighted by molar-refractivity contribution is 7.71. The molecule has 1 fully saturated rings. The normalized spacial score (nSPS) is 14.8. The second-order valence-corrected chi connectivity index (χ2v) is 8.69. The Balaban J connectivity index is 1.65. The quantitative estimate of drug-likeness (QED) is 0.486. The third kappa shape index (κ3) is 4.89. The molecule has 0 atom stereocenters. The Morgan fingerprint density at radius 1 is 0.967 bits per heavy atom. The zero-order valence-corrected chi connectivity index (χ0v) is 18.8. The van der Waals surface area contributed by atoms with Gasteiger partial charge < -0.3 is 0 Å². The van der Waals surface area contributed by atoms with Crippen LogP contribution in [0.15, 0.2) is 60.7 Å². The monoisotopic (exact) mass is 421 g/mol. The van der Waals surface area contributed by atoms with Crippen molar-refractivity contribution in [2.24, 2.45) is 0 Å². The van der Waals surface area contributed by atoms with E-state index in [9.17, 15) is 0 Å². The summed E-state index contributed by atoms with van der Waals surface area (Å²) in [5.74, 6) is 1.02. The van der Waals surface area contributed by atoms with E-state index in [-0.39, 0.29) is 0 Å². The number of nitrogens with zero attached hydrogens (tertiary/aromatic N) is 5. The fourth-order valence-corrected chi connectivity index (χ4v) is 4.32. The van der Waals surface area contributed by atoms with Crippen molar-refractivity contribution in [1.29, 1.82) is 0 Å². The summed E-state index contributed by atoms with van der Waals surface area (Å²) in [6, 6.07) is 21.4. The number of para-hydroxylation sites is 1. The van der Waals surface area contributed by atoms with Gasteiger partial charge in [0.15, 0.2) is 5.82 Å². The highest BCUT2D eigenvalue weighted by Crippen LogP contribution is 2.18. The molecule has 0 unspecified atom stereocenters. The molecule has 3 aromatic rings. The molecule has 0 bridgehead atoms. The van der Waals surface area contributed by atoms with Crippen molar-refractivity contribution < 1.29 is 0 Å². The van der Waals surface area contributed by atoms with Crippen LogP contribution in [0.25, 0.3) is 5.69 Å². The first-order valence-electron chi connectivity index (χ1n) is 10.9. The lowest BCUT2D eigenvalue weighted by molar-refractivity contribution is 0.152. The minimum atomic E-state index is 0.385. The maximum absolute atomic E-state index is 5.92. The van der Waals surface area contributed by atoms with Crippen LogP contribution in [-0.2, 0) is 19.8 Å². The van der Waals surface area contributed by atoms with E-state index in [2.05, 4.69) is 82.8 Å². The molecular formula is C24H31N5S. The molecule has 2 aromatic carbocycles. The molecule has 1 aliphatic rings. The lowest BCUT2D eigenvalue weighted by atomic mass is 10.2. The molecule has 1 aliphatic heterocycles. The van der Waals surface area contributed by atoms with Gasteiger partial charge in [-0.2, -0.15) is 5.10 Å². The molecule has 1 aromatic heterocycles. The summed E-state index contributed by atoms with van der Waals surface area (Å²) in [7, 11) is 0. The van der Waals surface area contributed by atoms with E-state index in [0.717, 1.165) is 42.5 Å². The van der Waals surface area contributed by atoms with Crippen LogP contribution in [0.5, 0.6) is 0 Å². The predicted molar refractivity (Wildman–Crippen MR) is 124 cm³/mol. The van der Waals surface area contributed by atoms with Gasteiger partial charge >= 0.3 is 0 Å². The number of rotatable bonds is 8. The smallest absolute Gasteiger partial charge is 0.203 e. The predicted octanol–water partition coefficient (Wildman–Crippen LogP) is 4.87. The van der Waals surface area contributed by atoms with Gasteiger partial charge in [0.1, 0.15) is 0 Å². The molecule has 0 N–H and O–H groups in total. The Morgan fingerprint density at radius 2 is 1.60 bits per heavy atom. The summed E-state index contributed by atoms with van der Waals surface area (Å²) in [6.07, 6.45) is 2.54. The summed E-state index contributed by atoms with van der Waals surface area (Å²) in [6.45, 7) is 9.13. The van der Waals surface area contributed by atoms with Crippen molar-refractivity contribution in [3.8, 4) is 5.69 Å². The third-order valence-corrected chi connectivity index (χ3v) is 6.15. The van der Waals surface area contributed by atoms with Gasteiger partial charge in [0.25, 0.3) is 0 Å². The highest BCUT2D eigenvalue weighted by Gasteiger charge is 2.20. The van der Waals surface area contributed by atoms with E-state index in [1.807, 2.05) is 10.7 Å². The first-order chi connectivity index (χ1) is 14.6. The average Bonchev–Trinajstić information content (AvgIpc) is 3.37. The minimum absolute atomic E-state index is 0.385.